The van der Waals surface area contributed by atoms with Crippen LogP contribution in [-0.2, 0) is 0 Å². The lowest BCUT2D eigenvalue weighted by atomic mass is 10.1. The Morgan fingerprint density at radius 3 is 2.21 bits per heavy atom. The number of methoxy groups -OCH3 is 2. The first-order valence-electron chi connectivity index (χ1n) is 6.33. The summed E-state index contributed by atoms with van der Waals surface area (Å²) in [6.07, 6.45) is 1.09. The van der Waals surface area contributed by atoms with E-state index in [0.29, 0.717) is 11.0 Å². The highest BCUT2D eigenvalue weighted by Crippen LogP contribution is 2.25. The van der Waals surface area contributed by atoms with Crippen LogP contribution in [0.25, 0.3) is 0 Å². The highest BCUT2D eigenvalue weighted by Gasteiger charge is 2.03. The van der Waals surface area contributed by atoms with Crippen molar-refractivity contribution in [1.82, 2.24) is 5.32 Å². The first kappa shape index (κ1) is 15.6. The molecule has 0 heterocycles. The van der Waals surface area contributed by atoms with E-state index < -0.39 is 0 Å². The lowest BCUT2D eigenvalue weighted by Crippen LogP contribution is -2.29. The quantitative estimate of drug-likeness (QED) is 0.785. The van der Waals surface area contributed by atoms with Gasteiger partial charge in [-0.15, -0.1) is 0 Å². The summed E-state index contributed by atoms with van der Waals surface area (Å²) < 4.78 is 10.4. The Bertz CT molecular complexity index is 400. The molecule has 0 fully saturated rings. The minimum atomic E-state index is 0.607. The Hall–Kier alpha value is -1.49. The van der Waals surface area contributed by atoms with E-state index in [-0.39, 0.29) is 0 Å². The van der Waals surface area contributed by atoms with Crippen molar-refractivity contribution in [3.05, 3.63) is 18.2 Å². The molecule has 5 heteroatoms. The number of hydrogen-bond acceptors (Lipinski definition) is 3. The van der Waals surface area contributed by atoms with Gasteiger partial charge in [-0.05, 0) is 24.6 Å². The average Bonchev–Trinajstić information content (AvgIpc) is 2.37. The van der Waals surface area contributed by atoms with Crippen LogP contribution in [0.2, 0.25) is 0 Å². The number of anilines is 1. The molecule has 0 aliphatic carbocycles. The summed E-state index contributed by atoms with van der Waals surface area (Å²) in [7, 11) is 3.25. The molecular weight excluding hydrogens is 260 g/mol. The normalized spacial score (nSPS) is 10.2. The molecule has 0 amide bonds. The summed E-state index contributed by atoms with van der Waals surface area (Å²) in [5.41, 5.74) is 0.846. The predicted octanol–water partition coefficient (Wildman–Crippen LogP) is 3.04. The molecule has 0 bridgehead atoms. The molecule has 19 heavy (non-hydrogen) atoms. The van der Waals surface area contributed by atoms with Crippen molar-refractivity contribution in [1.29, 1.82) is 0 Å². The monoisotopic (exact) mass is 282 g/mol. The summed E-state index contributed by atoms with van der Waals surface area (Å²) in [5, 5.41) is 6.91. The van der Waals surface area contributed by atoms with E-state index in [1.165, 1.54) is 0 Å². The standard InChI is InChI=1S/C14H22N2O2S/c1-10(2)5-6-15-14(19)16-11-7-12(17-3)9-13(8-11)18-4/h7-10H,5-6H2,1-4H3,(H2,15,16,19). The van der Waals surface area contributed by atoms with Gasteiger partial charge in [-0.1, -0.05) is 13.8 Å². The molecule has 2 N–H and O–H groups in total. The van der Waals surface area contributed by atoms with Crippen LogP contribution in [0.15, 0.2) is 18.2 Å². The fraction of sp³-hybridized carbons (Fsp3) is 0.500. The maximum atomic E-state index is 5.24. The van der Waals surface area contributed by atoms with E-state index in [9.17, 15) is 0 Å². The van der Waals surface area contributed by atoms with Gasteiger partial charge in [0.2, 0.25) is 0 Å². The zero-order chi connectivity index (χ0) is 14.3. The van der Waals surface area contributed by atoms with Gasteiger partial charge in [0.15, 0.2) is 5.11 Å². The van der Waals surface area contributed by atoms with Crippen molar-refractivity contribution in [3.8, 4) is 11.5 Å². The molecule has 0 spiro atoms. The molecule has 0 aliphatic heterocycles. The van der Waals surface area contributed by atoms with Crippen LogP contribution in [0.1, 0.15) is 20.3 Å². The number of ether oxygens (including phenoxy) is 2. The number of thiocarbonyl (C=S) groups is 1. The smallest absolute Gasteiger partial charge is 0.170 e. The largest absolute Gasteiger partial charge is 0.497 e. The van der Waals surface area contributed by atoms with Gasteiger partial charge in [0.05, 0.1) is 14.2 Å². The van der Waals surface area contributed by atoms with Crippen molar-refractivity contribution in [2.75, 3.05) is 26.1 Å². The van der Waals surface area contributed by atoms with Gasteiger partial charge in [0.1, 0.15) is 11.5 Å². The molecule has 4 nitrogen and oxygen atoms in total. The van der Waals surface area contributed by atoms with E-state index in [1.807, 2.05) is 18.2 Å². The first-order valence-corrected chi connectivity index (χ1v) is 6.74. The lowest BCUT2D eigenvalue weighted by Gasteiger charge is -2.13. The second-order valence-corrected chi connectivity index (χ2v) is 5.07. The highest BCUT2D eigenvalue weighted by atomic mass is 32.1. The average molecular weight is 282 g/mol. The van der Waals surface area contributed by atoms with Crippen LogP contribution in [-0.4, -0.2) is 25.9 Å². The fourth-order valence-corrected chi connectivity index (χ4v) is 1.75. The fourth-order valence-electron chi connectivity index (χ4n) is 1.53. The Morgan fingerprint density at radius 2 is 1.74 bits per heavy atom. The summed E-state index contributed by atoms with van der Waals surface area (Å²) in [6, 6.07) is 5.57. The number of hydrogen-bond donors (Lipinski definition) is 2. The van der Waals surface area contributed by atoms with E-state index >= 15 is 0 Å². The van der Waals surface area contributed by atoms with Crippen molar-refractivity contribution in [2.45, 2.75) is 20.3 Å². The summed E-state index contributed by atoms with van der Waals surface area (Å²) in [4.78, 5) is 0. The highest BCUT2D eigenvalue weighted by molar-refractivity contribution is 7.80. The van der Waals surface area contributed by atoms with Crippen molar-refractivity contribution >= 4 is 23.0 Å². The zero-order valence-corrected chi connectivity index (χ0v) is 12.8. The molecule has 1 aromatic rings. The Balaban J connectivity index is 2.58. The molecule has 1 aromatic carbocycles. The number of benzene rings is 1. The van der Waals surface area contributed by atoms with Crippen LogP contribution in [0, 0.1) is 5.92 Å². The van der Waals surface area contributed by atoms with Crippen LogP contribution in [0.4, 0.5) is 5.69 Å². The second-order valence-electron chi connectivity index (χ2n) is 4.66. The molecule has 0 saturated heterocycles. The second kappa shape index (κ2) is 7.84. The van der Waals surface area contributed by atoms with Crippen molar-refractivity contribution in [2.24, 2.45) is 5.92 Å². The molecule has 0 aromatic heterocycles. The van der Waals surface area contributed by atoms with Crippen LogP contribution < -0.4 is 20.1 Å². The Labute approximate surface area is 120 Å². The van der Waals surface area contributed by atoms with Gasteiger partial charge < -0.3 is 20.1 Å². The third-order valence-corrected chi connectivity index (χ3v) is 2.86. The third kappa shape index (κ3) is 5.79. The number of nitrogens with one attached hydrogen (secondary N) is 2. The summed E-state index contributed by atoms with van der Waals surface area (Å²) >= 11 is 5.24. The maximum Gasteiger partial charge on any atom is 0.170 e. The van der Waals surface area contributed by atoms with E-state index in [4.69, 9.17) is 21.7 Å². The maximum absolute atomic E-state index is 5.24. The minimum Gasteiger partial charge on any atom is -0.497 e. The minimum absolute atomic E-state index is 0.607. The number of rotatable bonds is 6. The molecule has 0 unspecified atom stereocenters. The molecule has 0 radical (unpaired) electrons. The van der Waals surface area contributed by atoms with Gasteiger partial charge in [-0.25, -0.2) is 0 Å². The van der Waals surface area contributed by atoms with Gasteiger partial charge in [-0.2, -0.15) is 0 Å². The molecule has 1 rings (SSSR count). The van der Waals surface area contributed by atoms with Crippen LogP contribution >= 0.6 is 12.2 Å². The van der Waals surface area contributed by atoms with E-state index in [0.717, 1.165) is 30.2 Å². The molecule has 0 saturated carbocycles. The van der Waals surface area contributed by atoms with Gasteiger partial charge in [0.25, 0.3) is 0 Å². The van der Waals surface area contributed by atoms with Gasteiger partial charge in [-0.3, -0.25) is 0 Å². The first-order chi connectivity index (χ1) is 9.05. The molecule has 0 aliphatic rings. The Morgan fingerprint density at radius 1 is 1.16 bits per heavy atom. The van der Waals surface area contributed by atoms with Crippen LogP contribution in [0.5, 0.6) is 11.5 Å². The summed E-state index contributed by atoms with van der Waals surface area (Å²) in [6.45, 7) is 5.24. The lowest BCUT2D eigenvalue weighted by molar-refractivity contribution is 0.395. The topological polar surface area (TPSA) is 42.5 Å². The van der Waals surface area contributed by atoms with Crippen LogP contribution in [0.3, 0.4) is 0 Å². The Kier molecular flexibility index (Phi) is 6.42. The van der Waals surface area contributed by atoms with Crippen molar-refractivity contribution in [3.63, 3.8) is 0 Å². The van der Waals surface area contributed by atoms with Crippen molar-refractivity contribution < 1.29 is 9.47 Å². The van der Waals surface area contributed by atoms with Gasteiger partial charge in [0, 0.05) is 30.4 Å². The molecular formula is C14H22N2O2S. The summed E-state index contributed by atoms with van der Waals surface area (Å²) in [5.74, 6) is 2.12. The van der Waals surface area contributed by atoms with E-state index in [1.54, 1.807) is 14.2 Å². The molecule has 106 valence electrons. The SMILES string of the molecule is COc1cc(NC(=S)NCCC(C)C)cc(OC)c1. The third-order valence-electron chi connectivity index (χ3n) is 2.62. The zero-order valence-electron chi connectivity index (χ0n) is 11.9. The predicted molar refractivity (Wildman–Crippen MR) is 83.2 cm³/mol. The molecule has 0 atom stereocenters. The van der Waals surface area contributed by atoms with Gasteiger partial charge >= 0.3 is 0 Å². The van der Waals surface area contributed by atoms with E-state index in [2.05, 4.69) is 24.5 Å².